The molecule has 0 spiro atoms. The standard InChI is InChI=1S/C73H54N2O/c1-71(2)61-32-13-8-27-54(61)58-41-39-52(45-65(58)71)74(49-24-18-23-48(43-49)73(47-21-6-5-7-22-47)63-34-15-10-29-56(63)57-30-11-16-35-64(57)73)50-25-19-26-51(44-50)75(67-36-20-38-69-70(67)60-31-12-17-37-68(60)76-69)53-40-42-59-55-28-9-14-33-62(55)72(3,4)66(59)46-53/h5-46H,1-4H3. The Hall–Kier alpha value is -9.18. The molecule has 1 heterocycles. The summed E-state index contributed by atoms with van der Waals surface area (Å²) in [6.07, 6.45) is 0. The Morgan fingerprint density at radius 3 is 1.33 bits per heavy atom. The van der Waals surface area contributed by atoms with E-state index in [1.54, 1.807) is 0 Å². The maximum absolute atomic E-state index is 6.62. The summed E-state index contributed by atoms with van der Waals surface area (Å²) in [5, 5.41) is 2.17. The topological polar surface area (TPSA) is 19.6 Å². The van der Waals surface area contributed by atoms with Gasteiger partial charge in [-0.05, 0) is 151 Å². The first-order chi connectivity index (χ1) is 37.2. The Kier molecular flexibility index (Phi) is 9.57. The Morgan fingerprint density at radius 2 is 0.711 bits per heavy atom. The maximum Gasteiger partial charge on any atom is 0.137 e. The van der Waals surface area contributed by atoms with Gasteiger partial charge < -0.3 is 14.2 Å². The lowest BCUT2D eigenvalue weighted by atomic mass is 9.67. The fourth-order valence-corrected chi connectivity index (χ4v) is 13.8. The van der Waals surface area contributed by atoms with Crippen LogP contribution in [-0.2, 0) is 16.2 Å². The van der Waals surface area contributed by atoms with Crippen molar-refractivity contribution in [3.05, 3.63) is 299 Å². The van der Waals surface area contributed by atoms with E-state index in [9.17, 15) is 0 Å². The summed E-state index contributed by atoms with van der Waals surface area (Å²) in [7, 11) is 0. The molecule has 3 heteroatoms. The molecule has 0 radical (unpaired) electrons. The quantitative estimate of drug-likeness (QED) is 0.151. The molecule has 0 saturated heterocycles. The first kappa shape index (κ1) is 44.3. The van der Waals surface area contributed by atoms with E-state index in [1.165, 1.54) is 77.9 Å². The second-order valence-electron chi connectivity index (χ2n) is 22.0. The summed E-state index contributed by atoms with van der Waals surface area (Å²) < 4.78 is 6.62. The van der Waals surface area contributed by atoms with Gasteiger partial charge in [0, 0.05) is 44.7 Å². The van der Waals surface area contributed by atoms with Crippen LogP contribution >= 0.6 is 0 Å². The normalized spacial score (nSPS) is 14.6. The van der Waals surface area contributed by atoms with Gasteiger partial charge in [0.15, 0.2) is 0 Å². The van der Waals surface area contributed by atoms with Crippen molar-refractivity contribution in [2.24, 2.45) is 0 Å². The first-order valence-electron chi connectivity index (χ1n) is 26.7. The van der Waals surface area contributed by atoms with Crippen molar-refractivity contribution >= 4 is 56.1 Å². The van der Waals surface area contributed by atoms with Crippen molar-refractivity contribution in [1.82, 2.24) is 0 Å². The third-order valence-electron chi connectivity index (χ3n) is 17.3. The van der Waals surface area contributed by atoms with Crippen LogP contribution in [0, 0.1) is 0 Å². The molecule has 76 heavy (non-hydrogen) atoms. The highest BCUT2D eigenvalue weighted by molar-refractivity contribution is 6.13. The Labute approximate surface area is 444 Å². The molecule has 0 unspecified atom stereocenters. The van der Waals surface area contributed by atoms with Crippen molar-refractivity contribution in [1.29, 1.82) is 0 Å². The number of rotatable bonds is 8. The number of anilines is 6. The van der Waals surface area contributed by atoms with Crippen molar-refractivity contribution < 1.29 is 4.42 Å². The van der Waals surface area contributed by atoms with E-state index in [1.807, 2.05) is 0 Å². The Bertz CT molecular complexity index is 4280. The van der Waals surface area contributed by atoms with Gasteiger partial charge in [-0.15, -0.1) is 0 Å². The van der Waals surface area contributed by atoms with E-state index in [2.05, 4.69) is 292 Å². The largest absolute Gasteiger partial charge is 0.456 e. The van der Waals surface area contributed by atoms with E-state index in [0.717, 1.165) is 56.1 Å². The highest BCUT2D eigenvalue weighted by Gasteiger charge is 2.46. The number of hydrogen-bond donors (Lipinski definition) is 0. The molecule has 0 saturated carbocycles. The van der Waals surface area contributed by atoms with Crippen LogP contribution in [0.25, 0.3) is 55.3 Å². The second kappa shape index (κ2) is 16.4. The van der Waals surface area contributed by atoms with Gasteiger partial charge in [0.05, 0.1) is 16.5 Å². The smallest absolute Gasteiger partial charge is 0.137 e. The van der Waals surface area contributed by atoms with E-state index in [-0.39, 0.29) is 10.8 Å². The van der Waals surface area contributed by atoms with Gasteiger partial charge in [0.1, 0.15) is 11.2 Å². The minimum atomic E-state index is -0.566. The van der Waals surface area contributed by atoms with Crippen LogP contribution in [0.15, 0.2) is 259 Å². The second-order valence-corrected chi connectivity index (χ2v) is 22.0. The summed E-state index contributed by atoms with van der Waals surface area (Å²) >= 11 is 0. The van der Waals surface area contributed by atoms with Gasteiger partial charge in [0.25, 0.3) is 0 Å². The molecule has 3 aliphatic rings. The van der Waals surface area contributed by atoms with E-state index >= 15 is 0 Å². The molecule has 11 aromatic carbocycles. The van der Waals surface area contributed by atoms with Crippen molar-refractivity contribution in [2.75, 3.05) is 9.80 Å². The third-order valence-corrected chi connectivity index (χ3v) is 17.3. The molecule has 0 atom stereocenters. The molecule has 0 bridgehead atoms. The average molecular weight is 975 g/mol. The lowest BCUT2D eigenvalue weighted by molar-refractivity contribution is 0.660. The van der Waals surface area contributed by atoms with Crippen LogP contribution < -0.4 is 9.80 Å². The monoisotopic (exact) mass is 974 g/mol. The molecule has 0 amide bonds. The van der Waals surface area contributed by atoms with Gasteiger partial charge in [-0.3, -0.25) is 0 Å². The Morgan fingerprint density at radius 1 is 0.289 bits per heavy atom. The number of nitrogens with zero attached hydrogens (tertiary/aromatic N) is 2. The molecular formula is C73H54N2O. The van der Waals surface area contributed by atoms with E-state index in [0.29, 0.717) is 0 Å². The highest BCUT2D eigenvalue weighted by atomic mass is 16.3. The summed E-state index contributed by atoms with van der Waals surface area (Å²) in [6.45, 7) is 9.48. The maximum atomic E-state index is 6.62. The van der Waals surface area contributed by atoms with Gasteiger partial charge in [-0.1, -0.05) is 210 Å². The predicted octanol–water partition coefficient (Wildman–Crippen LogP) is 19.5. The van der Waals surface area contributed by atoms with Crippen LogP contribution in [-0.4, -0.2) is 0 Å². The lowest BCUT2D eigenvalue weighted by Gasteiger charge is -2.35. The lowest BCUT2D eigenvalue weighted by Crippen LogP contribution is -2.28. The molecular weight excluding hydrogens is 921 g/mol. The van der Waals surface area contributed by atoms with Crippen LogP contribution in [0.5, 0.6) is 0 Å². The van der Waals surface area contributed by atoms with Crippen LogP contribution in [0.2, 0.25) is 0 Å². The molecule has 12 aromatic rings. The van der Waals surface area contributed by atoms with Gasteiger partial charge >= 0.3 is 0 Å². The van der Waals surface area contributed by atoms with Gasteiger partial charge in [-0.2, -0.15) is 0 Å². The zero-order valence-corrected chi connectivity index (χ0v) is 43.1. The average Bonchev–Trinajstić information content (AvgIpc) is 4.31. The zero-order valence-electron chi connectivity index (χ0n) is 43.1. The number of hydrogen-bond acceptors (Lipinski definition) is 3. The molecule has 0 fully saturated rings. The molecule has 3 nitrogen and oxygen atoms in total. The third kappa shape index (κ3) is 6.23. The van der Waals surface area contributed by atoms with Crippen molar-refractivity contribution in [2.45, 2.75) is 43.9 Å². The van der Waals surface area contributed by atoms with E-state index in [4.69, 9.17) is 4.42 Å². The summed E-state index contributed by atoms with van der Waals surface area (Å²) in [6, 6.07) is 94.7. The van der Waals surface area contributed by atoms with Crippen LogP contribution in [0.4, 0.5) is 34.1 Å². The molecule has 1 aromatic heterocycles. The fraction of sp³-hybridized carbons (Fsp3) is 0.0959. The molecule has 15 rings (SSSR count). The molecule has 362 valence electrons. The SMILES string of the molecule is CC1(C)c2ccccc2-c2ccc(N(c3cccc(N(c4ccc5c(c4)C(C)(C)c4ccccc4-5)c4cccc5oc6ccccc6c45)c3)c3cccc(C4(c5ccccc5)c5ccccc5-c5ccccc54)c3)cc21. The number of furan rings is 1. The van der Waals surface area contributed by atoms with Crippen molar-refractivity contribution in [3.8, 4) is 33.4 Å². The molecule has 0 N–H and O–H groups in total. The highest BCUT2D eigenvalue weighted by Crippen LogP contribution is 2.58. The van der Waals surface area contributed by atoms with E-state index < -0.39 is 5.41 Å². The zero-order chi connectivity index (χ0) is 50.9. The summed E-state index contributed by atoms with van der Waals surface area (Å²) in [5.41, 5.74) is 25.3. The van der Waals surface area contributed by atoms with Gasteiger partial charge in [-0.25, -0.2) is 0 Å². The molecule has 3 aliphatic carbocycles. The number of benzene rings is 11. The van der Waals surface area contributed by atoms with Gasteiger partial charge in [0.2, 0.25) is 0 Å². The predicted molar refractivity (Wildman–Crippen MR) is 316 cm³/mol. The molecule has 0 aliphatic heterocycles. The van der Waals surface area contributed by atoms with Crippen molar-refractivity contribution in [3.63, 3.8) is 0 Å². The minimum absolute atomic E-state index is 0.190. The summed E-state index contributed by atoms with van der Waals surface area (Å²) in [5.74, 6) is 0. The number of para-hydroxylation sites is 1. The fourth-order valence-electron chi connectivity index (χ4n) is 13.8. The Balaban J connectivity index is 0.973. The van der Waals surface area contributed by atoms with Crippen LogP contribution in [0.1, 0.15) is 72.2 Å². The van der Waals surface area contributed by atoms with Crippen LogP contribution in [0.3, 0.4) is 0 Å². The minimum Gasteiger partial charge on any atom is -0.456 e. The number of fused-ring (bicyclic) bond motifs is 12. The summed E-state index contributed by atoms with van der Waals surface area (Å²) in [4.78, 5) is 4.95. The first-order valence-corrected chi connectivity index (χ1v) is 26.7.